The highest BCUT2D eigenvalue weighted by molar-refractivity contribution is 6.61. The van der Waals surface area contributed by atoms with Gasteiger partial charge in [-0.2, -0.15) is 0 Å². The summed E-state index contributed by atoms with van der Waals surface area (Å²) in [6, 6.07) is 0.844. The second-order valence-corrected chi connectivity index (χ2v) is 6.17. The van der Waals surface area contributed by atoms with Crippen LogP contribution in [0.1, 0.15) is 19.3 Å². The van der Waals surface area contributed by atoms with Crippen molar-refractivity contribution >= 4 is 8.80 Å². The highest BCUT2D eigenvalue weighted by atomic mass is 28.4. The summed E-state index contributed by atoms with van der Waals surface area (Å²) in [6.45, 7) is 0. The van der Waals surface area contributed by atoms with Crippen LogP contribution in [0, 0.1) is 0 Å². The summed E-state index contributed by atoms with van der Waals surface area (Å²) in [4.78, 5) is 0. The van der Waals surface area contributed by atoms with E-state index in [0.29, 0.717) is 0 Å². The zero-order valence-corrected chi connectivity index (χ0v) is 9.63. The Morgan fingerprint density at radius 2 is 1.85 bits per heavy atom. The highest BCUT2D eigenvalue weighted by Gasteiger charge is 2.38. The predicted molar refractivity (Wildman–Crippen MR) is 53.5 cm³/mol. The summed E-state index contributed by atoms with van der Waals surface area (Å²) < 4.78 is 16.1. The molecule has 0 aromatic carbocycles. The van der Waals surface area contributed by atoms with Crippen LogP contribution in [-0.4, -0.2) is 30.1 Å². The van der Waals surface area contributed by atoms with E-state index in [9.17, 15) is 0 Å². The molecule has 0 aromatic rings. The Balaban J connectivity index is 2.55. The SMILES string of the molecule is CO[Si](CC1=CCCC1)(OC)OC. The Morgan fingerprint density at radius 1 is 1.23 bits per heavy atom. The van der Waals surface area contributed by atoms with Gasteiger partial charge in [0.1, 0.15) is 0 Å². The van der Waals surface area contributed by atoms with E-state index >= 15 is 0 Å². The van der Waals surface area contributed by atoms with Gasteiger partial charge in [-0.05, 0) is 19.3 Å². The van der Waals surface area contributed by atoms with Crippen LogP contribution in [0.2, 0.25) is 6.04 Å². The largest absolute Gasteiger partial charge is 0.504 e. The Labute approximate surface area is 81.1 Å². The lowest BCUT2D eigenvalue weighted by atomic mass is 10.3. The number of hydrogen-bond donors (Lipinski definition) is 0. The molecule has 0 N–H and O–H groups in total. The molecular weight excluding hydrogens is 184 g/mol. The van der Waals surface area contributed by atoms with Crippen LogP contribution in [0.5, 0.6) is 0 Å². The van der Waals surface area contributed by atoms with Crippen molar-refractivity contribution < 1.29 is 13.3 Å². The van der Waals surface area contributed by atoms with Gasteiger partial charge >= 0.3 is 8.80 Å². The summed E-state index contributed by atoms with van der Waals surface area (Å²) in [5.74, 6) is 0. The molecule has 1 aliphatic rings. The van der Waals surface area contributed by atoms with Crippen LogP contribution in [0.3, 0.4) is 0 Å². The van der Waals surface area contributed by atoms with Gasteiger partial charge in [-0.15, -0.1) is 0 Å². The zero-order valence-electron chi connectivity index (χ0n) is 8.63. The number of rotatable bonds is 5. The lowest BCUT2D eigenvalue weighted by Gasteiger charge is -2.24. The fraction of sp³-hybridized carbons (Fsp3) is 0.778. The zero-order chi connectivity index (χ0) is 9.73. The van der Waals surface area contributed by atoms with Crippen LogP contribution in [-0.2, 0) is 13.3 Å². The minimum Gasteiger partial charge on any atom is -0.377 e. The smallest absolute Gasteiger partial charge is 0.377 e. The topological polar surface area (TPSA) is 27.7 Å². The minimum absolute atomic E-state index is 0.844. The van der Waals surface area contributed by atoms with Crippen molar-refractivity contribution in [3.05, 3.63) is 11.6 Å². The molecule has 76 valence electrons. The molecule has 0 fully saturated rings. The Hall–Kier alpha value is -0.163. The van der Waals surface area contributed by atoms with E-state index in [1.807, 2.05) is 0 Å². The average Bonchev–Trinajstić information content (AvgIpc) is 2.67. The van der Waals surface area contributed by atoms with Gasteiger partial charge in [0, 0.05) is 27.4 Å². The van der Waals surface area contributed by atoms with Gasteiger partial charge < -0.3 is 13.3 Å². The summed E-state index contributed by atoms with van der Waals surface area (Å²) in [5.41, 5.74) is 1.43. The lowest BCUT2D eigenvalue weighted by Crippen LogP contribution is -2.42. The minimum atomic E-state index is -2.35. The first-order chi connectivity index (χ1) is 6.26. The van der Waals surface area contributed by atoms with Crippen LogP contribution in [0.15, 0.2) is 11.6 Å². The first-order valence-corrected chi connectivity index (χ1v) is 6.53. The summed E-state index contributed by atoms with van der Waals surface area (Å²) in [6.07, 6.45) is 5.90. The van der Waals surface area contributed by atoms with Crippen LogP contribution >= 0.6 is 0 Å². The Kier molecular flexibility index (Phi) is 4.12. The van der Waals surface area contributed by atoms with Gasteiger partial charge in [-0.1, -0.05) is 11.6 Å². The van der Waals surface area contributed by atoms with Crippen molar-refractivity contribution in [1.29, 1.82) is 0 Å². The van der Waals surface area contributed by atoms with Crippen molar-refractivity contribution in [2.24, 2.45) is 0 Å². The molecule has 0 saturated heterocycles. The molecule has 0 bridgehead atoms. The molecule has 0 radical (unpaired) electrons. The van der Waals surface area contributed by atoms with Gasteiger partial charge in [-0.3, -0.25) is 0 Å². The molecule has 0 aliphatic heterocycles. The van der Waals surface area contributed by atoms with E-state index in [1.165, 1.54) is 24.8 Å². The first kappa shape index (κ1) is 10.9. The molecular formula is C9H18O3Si. The molecule has 3 nitrogen and oxygen atoms in total. The summed E-state index contributed by atoms with van der Waals surface area (Å²) >= 11 is 0. The van der Waals surface area contributed by atoms with E-state index in [-0.39, 0.29) is 0 Å². The maximum atomic E-state index is 5.35. The van der Waals surface area contributed by atoms with E-state index in [2.05, 4.69) is 6.08 Å². The maximum Gasteiger partial charge on any atom is 0.504 e. The van der Waals surface area contributed by atoms with Crippen molar-refractivity contribution in [1.82, 2.24) is 0 Å². The molecule has 13 heavy (non-hydrogen) atoms. The van der Waals surface area contributed by atoms with Gasteiger partial charge in [0.2, 0.25) is 0 Å². The number of allylic oxidation sites excluding steroid dienone is 2. The molecule has 1 rings (SSSR count). The molecule has 0 spiro atoms. The molecule has 4 heteroatoms. The van der Waals surface area contributed by atoms with Gasteiger partial charge in [0.15, 0.2) is 0 Å². The normalized spacial score (nSPS) is 17.6. The van der Waals surface area contributed by atoms with Crippen LogP contribution in [0.4, 0.5) is 0 Å². The molecule has 0 atom stereocenters. The first-order valence-electron chi connectivity index (χ1n) is 4.59. The molecule has 0 amide bonds. The lowest BCUT2D eigenvalue weighted by molar-refractivity contribution is 0.126. The molecule has 0 saturated carbocycles. The fourth-order valence-corrected chi connectivity index (χ4v) is 3.45. The fourth-order valence-electron chi connectivity index (χ4n) is 1.64. The van der Waals surface area contributed by atoms with Gasteiger partial charge in [0.05, 0.1) is 0 Å². The van der Waals surface area contributed by atoms with Crippen LogP contribution < -0.4 is 0 Å². The van der Waals surface area contributed by atoms with Crippen molar-refractivity contribution in [2.45, 2.75) is 25.3 Å². The van der Waals surface area contributed by atoms with Crippen molar-refractivity contribution in [3.8, 4) is 0 Å². The molecule has 0 unspecified atom stereocenters. The van der Waals surface area contributed by atoms with E-state index < -0.39 is 8.80 Å². The highest BCUT2D eigenvalue weighted by Crippen LogP contribution is 2.27. The third-order valence-electron chi connectivity index (χ3n) is 2.51. The monoisotopic (exact) mass is 202 g/mol. The summed E-state index contributed by atoms with van der Waals surface area (Å²) in [5, 5.41) is 0. The molecule has 0 heterocycles. The van der Waals surface area contributed by atoms with Gasteiger partial charge in [-0.25, -0.2) is 0 Å². The van der Waals surface area contributed by atoms with Crippen molar-refractivity contribution in [3.63, 3.8) is 0 Å². The third kappa shape index (κ3) is 2.64. The molecule has 0 aromatic heterocycles. The van der Waals surface area contributed by atoms with E-state index in [1.54, 1.807) is 21.3 Å². The van der Waals surface area contributed by atoms with Crippen LogP contribution in [0.25, 0.3) is 0 Å². The van der Waals surface area contributed by atoms with E-state index in [0.717, 1.165) is 6.04 Å². The second kappa shape index (κ2) is 4.90. The standard InChI is InChI=1S/C9H18O3Si/c1-10-13(11-2,12-3)8-9-6-4-5-7-9/h6H,4-5,7-8H2,1-3H3. The third-order valence-corrected chi connectivity index (χ3v) is 5.26. The predicted octanol–water partition coefficient (Wildman–Crippen LogP) is 1.97. The summed E-state index contributed by atoms with van der Waals surface area (Å²) in [7, 11) is 2.63. The van der Waals surface area contributed by atoms with E-state index in [4.69, 9.17) is 13.3 Å². The van der Waals surface area contributed by atoms with Crippen molar-refractivity contribution in [2.75, 3.05) is 21.3 Å². The Morgan fingerprint density at radius 3 is 2.23 bits per heavy atom. The molecule has 1 aliphatic carbocycles. The number of hydrogen-bond acceptors (Lipinski definition) is 3. The average molecular weight is 202 g/mol. The quantitative estimate of drug-likeness (QED) is 0.504. The van der Waals surface area contributed by atoms with Gasteiger partial charge in [0.25, 0.3) is 0 Å². The maximum absolute atomic E-state index is 5.35. The Bertz CT molecular complexity index is 179. The second-order valence-electron chi connectivity index (χ2n) is 3.23.